The van der Waals surface area contributed by atoms with Crippen LogP contribution in [0, 0.1) is 0 Å². The summed E-state index contributed by atoms with van der Waals surface area (Å²) in [6.07, 6.45) is 3.31. The molecule has 27 heavy (non-hydrogen) atoms. The summed E-state index contributed by atoms with van der Waals surface area (Å²) < 4.78 is 16.0. The highest BCUT2D eigenvalue weighted by atomic mass is 16.5. The van der Waals surface area contributed by atoms with Crippen molar-refractivity contribution in [1.29, 1.82) is 0 Å². The predicted octanol–water partition coefficient (Wildman–Crippen LogP) is 2.84. The van der Waals surface area contributed by atoms with E-state index in [0.717, 1.165) is 5.56 Å². The number of amides is 2. The first kappa shape index (κ1) is 18.3. The highest BCUT2D eigenvalue weighted by Gasteiger charge is 2.30. The molecule has 2 aromatic carbocycles. The van der Waals surface area contributed by atoms with Crippen molar-refractivity contribution >= 4 is 24.0 Å². The summed E-state index contributed by atoms with van der Waals surface area (Å²) in [6.45, 7) is 0. The highest BCUT2D eigenvalue weighted by Crippen LogP contribution is 2.39. The van der Waals surface area contributed by atoms with E-state index in [9.17, 15) is 9.59 Å². The number of nitrogens with one attached hydrogen (secondary N) is 1. The van der Waals surface area contributed by atoms with Gasteiger partial charge in [0.15, 0.2) is 11.5 Å². The van der Waals surface area contributed by atoms with Crippen molar-refractivity contribution < 1.29 is 23.8 Å². The molecule has 0 saturated carbocycles. The minimum Gasteiger partial charge on any atom is -0.493 e. The third-order valence-electron chi connectivity index (χ3n) is 4.12. The van der Waals surface area contributed by atoms with Crippen LogP contribution in [0.2, 0.25) is 0 Å². The van der Waals surface area contributed by atoms with E-state index >= 15 is 0 Å². The Morgan fingerprint density at radius 2 is 1.26 bits per heavy atom. The number of methoxy groups -OCH3 is 3. The van der Waals surface area contributed by atoms with Gasteiger partial charge in [0.2, 0.25) is 5.75 Å². The largest absolute Gasteiger partial charge is 0.493 e. The molecule has 138 valence electrons. The van der Waals surface area contributed by atoms with Crippen molar-refractivity contribution in [3.63, 3.8) is 0 Å². The van der Waals surface area contributed by atoms with Gasteiger partial charge in [0.25, 0.3) is 11.8 Å². The zero-order chi connectivity index (χ0) is 19.4. The van der Waals surface area contributed by atoms with E-state index in [0.29, 0.717) is 28.4 Å². The maximum Gasteiger partial charge on any atom is 0.258 e. The van der Waals surface area contributed by atoms with Crippen molar-refractivity contribution in [2.75, 3.05) is 21.3 Å². The number of imide groups is 1. The Hall–Kier alpha value is -3.54. The van der Waals surface area contributed by atoms with E-state index in [1.807, 2.05) is 30.3 Å². The van der Waals surface area contributed by atoms with Gasteiger partial charge < -0.3 is 14.2 Å². The van der Waals surface area contributed by atoms with Gasteiger partial charge in [-0.1, -0.05) is 30.3 Å². The van der Waals surface area contributed by atoms with Crippen molar-refractivity contribution in [2.45, 2.75) is 0 Å². The molecule has 1 aliphatic rings. The van der Waals surface area contributed by atoms with Crippen LogP contribution < -0.4 is 19.5 Å². The first-order valence-electron chi connectivity index (χ1n) is 8.22. The summed E-state index contributed by atoms with van der Waals surface area (Å²) in [5.74, 6) is 0.497. The third kappa shape index (κ3) is 3.69. The molecule has 0 aliphatic carbocycles. The molecule has 0 bridgehead atoms. The lowest BCUT2D eigenvalue weighted by molar-refractivity contribution is -0.123. The van der Waals surface area contributed by atoms with Crippen LogP contribution in [0.25, 0.3) is 12.2 Å². The molecular formula is C21H19NO5. The normalized spacial score (nSPS) is 16.6. The van der Waals surface area contributed by atoms with Gasteiger partial charge in [0.05, 0.1) is 32.5 Å². The second kappa shape index (κ2) is 7.78. The van der Waals surface area contributed by atoms with Crippen molar-refractivity contribution in [3.05, 3.63) is 64.7 Å². The molecule has 2 aromatic rings. The molecule has 6 heteroatoms. The Morgan fingerprint density at radius 1 is 0.741 bits per heavy atom. The molecule has 1 heterocycles. The monoisotopic (exact) mass is 365 g/mol. The number of carbonyl (C=O) groups excluding carboxylic acids is 2. The Kier molecular flexibility index (Phi) is 5.26. The number of hydrogen-bond donors (Lipinski definition) is 1. The van der Waals surface area contributed by atoms with Crippen molar-refractivity contribution in [3.8, 4) is 17.2 Å². The summed E-state index contributed by atoms with van der Waals surface area (Å²) in [6, 6.07) is 12.8. The maximum absolute atomic E-state index is 12.3. The van der Waals surface area contributed by atoms with Crippen LogP contribution in [0.3, 0.4) is 0 Å². The summed E-state index contributed by atoms with van der Waals surface area (Å²) in [5.41, 5.74) is 2.05. The topological polar surface area (TPSA) is 73.9 Å². The molecule has 0 spiro atoms. The van der Waals surface area contributed by atoms with Crippen LogP contribution in [0.4, 0.5) is 0 Å². The molecular weight excluding hydrogens is 346 g/mol. The van der Waals surface area contributed by atoms with E-state index in [1.54, 1.807) is 24.3 Å². The summed E-state index contributed by atoms with van der Waals surface area (Å²) in [7, 11) is 4.55. The van der Waals surface area contributed by atoms with Gasteiger partial charge in [-0.2, -0.15) is 0 Å². The van der Waals surface area contributed by atoms with E-state index < -0.39 is 11.8 Å². The predicted molar refractivity (Wildman–Crippen MR) is 102 cm³/mol. The fourth-order valence-corrected chi connectivity index (χ4v) is 2.84. The lowest BCUT2D eigenvalue weighted by Gasteiger charge is -2.13. The van der Waals surface area contributed by atoms with Crippen LogP contribution in [-0.4, -0.2) is 33.1 Å². The van der Waals surface area contributed by atoms with Crippen LogP contribution in [0.1, 0.15) is 11.1 Å². The van der Waals surface area contributed by atoms with E-state index in [2.05, 4.69) is 5.32 Å². The van der Waals surface area contributed by atoms with E-state index in [4.69, 9.17) is 14.2 Å². The lowest BCUT2D eigenvalue weighted by Crippen LogP contribution is -2.19. The first-order chi connectivity index (χ1) is 13.1. The molecule has 1 fully saturated rings. The first-order valence-corrected chi connectivity index (χ1v) is 8.22. The minimum atomic E-state index is -0.448. The molecule has 1 aliphatic heterocycles. The van der Waals surface area contributed by atoms with E-state index in [1.165, 1.54) is 21.3 Å². The maximum atomic E-state index is 12.3. The SMILES string of the molecule is COc1cc(C=C2C(=O)NC(=O)C2=Cc2ccccc2)cc(OC)c1OC. The Bertz CT molecular complexity index is 919. The smallest absolute Gasteiger partial charge is 0.258 e. The average Bonchev–Trinajstić information content (AvgIpc) is 2.94. The van der Waals surface area contributed by atoms with Gasteiger partial charge in [0, 0.05) is 0 Å². The molecule has 3 rings (SSSR count). The molecule has 0 radical (unpaired) electrons. The fourth-order valence-electron chi connectivity index (χ4n) is 2.84. The van der Waals surface area contributed by atoms with Gasteiger partial charge in [-0.05, 0) is 35.4 Å². The number of rotatable bonds is 5. The molecule has 6 nitrogen and oxygen atoms in total. The van der Waals surface area contributed by atoms with Crippen LogP contribution >= 0.6 is 0 Å². The van der Waals surface area contributed by atoms with Crippen LogP contribution in [0.15, 0.2) is 53.6 Å². The molecule has 1 N–H and O–H groups in total. The second-order valence-corrected chi connectivity index (χ2v) is 5.77. The molecule has 0 unspecified atom stereocenters. The molecule has 1 saturated heterocycles. The Morgan fingerprint density at radius 3 is 1.74 bits per heavy atom. The van der Waals surface area contributed by atoms with Crippen molar-refractivity contribution in [1.82, 2.24) is 5.32 Å². The van der Waals surface area contributed by atoms with Gasteiger partial charge in [-0.25, -0.2) is 0 Å². The van der Waals surface area contributed by atoms with E-state index in [-0.39, 0.29) is 5.57 Å². The number of benzene rings is 2. The molecule has 2 amide bonds. The summed E-state index contributed by atoms with van der Waals surface area (Å²) >= 11 is 0. The van der Waals surface area contributed by atoms with Gasteiger partial charge in [-0.15, -0.1) is 0 Å². The quantitative estimate of drug-likeness (QED) is 0.651. The average molecular weight is 365 g/mol. The number of hydrogen-bond acceptors (Lipinski definition) is 5. The number of carbonyl (C=O) groups is 2. The Labute approximate surface area is 157 Å². The van der Waals surface area contributed by atoms with Gasteiger partial charge >= 0.3 is 0 Å². The summed E-state index contributed by atoms with van der Waals surface area (Å²) in [5, 5.41) is 2.34. The lowest BCUT2D eigenvalue weighted by atomic mass is 10.0. The molecule has 0 aromatic heterocycles. The molecule has 0 atom stereocenters. The summed E-state index contributed by atoms with van der Waals surface area (Å²) in [4.78, 5) is 24.5. The van der Waals surface area contributed by atoms with Gasteiger partial charge in [-0.3, -0.25) is 14.9 Å². The highest BCUT2D eigenvalue weighted by molar-refractivity contribution is 6.28. The van der Waals surface area contributed by atoms with Crippen LogP contribution in [-0.2, 0) is 9.59 Å². The second-order valence-electron chi connectivity index (χ2n) is 5.77. The fraction of sp³-hybridized carbons (Fsp3) is 0.143. The number of ether oxygens (including phenoxy) is 3. The van der Waals surface area contributed by atoms with Gasteiger partial charge in [0.1, 0.15) is 0 Å². The standard InChI is InChI=1S/C21H19NO5/c1-25-17-11-14(12-18(26-2)19(17)27-3)10-16-15(20(23)22-21(16)24)9-13-7-5-4-6-8-13/h4-12H,1-3H3,(H,22,23,24). The Balaban J connectivity index is 2.10. The third-order valence-corrected chi connectivity index (χ3v) is 4.12. The minimum absolute atomic E-state index is 0.276. The zero-order valence-electron chi connectivity index (χ0n) is 15.2. The van der Waals surface area contributed by atoms with Crippen LogP contribution in [0.5, 0.6) is 17.2 Å². The zero-order valence-corrected chi connectivity index (χ0v) is 15.2. The van der Waals surface area contributed by atoms with Crippen molar-refractivity contribution in [2.24, 2.45) is 0 Å².